The number of ether oxygens (including phenoxy) is 1. The fourth-order valence-electron chi connectivity index (χ4n) is 3.05. The van der Waals surface area contributed by atoms with Crippen LogP contribution in [0.1, 0.15) is 42.1 Å². The molecule has 1 unspecified atom stereocenters. The van der Waals surface area contributed by atoms with Gasteiger partial charge in [0.25, 0.3) is 0 Å². The van der Waals surface area contributed by atoms with Crippen molar-refractivity contribution in [2.75, 3.05) is 12.4 Å². The van der Waals surface area contributed by atoms with Crippen molar-refractivity contribution < 1.29 is 9.53 Å². The Labute approximate surface area is 136 Å². The summed E-state index contributed by atoms with van der Waals surface area (Å²) in [5.74, 6) is 0.841. The minimum absolute atomic E-state index is 0.0331. The molecule has 3 rings (SSSR count). The quantitative estimate of drug-likeness (QED) is 0.914. The van der Waals surface area contributed by atoms with E-state index in [0.29, 0.717) is 0 Å². The first kappa shape index (κ1) is 15.6. The molecular weight excluding hydrogens is 288 g/mol. The van der Waals surface area contributed by atoms with Gasteiger partial charge in [-0.2, -0.15) is 0 Å². The summed E-state index contributed by atoms with van der Waals surface area (Å²) in [6, 6.07) is 11.6. The first-order chi connectivity index (χ1) is 10.8. The Hall–Kier alpha value is -2.33. The first-order valence-corrected chi connectivity index (χ1v) is 7.70. The normalized spacial score (nSPS) is 16.7. The van der Waals surface area contributed by atoms with Crippen LogP contribution in [-0.4, -0.2) is 13.0 Å². The molecule has 2 aromatic carbocycles. The molecule has 0 spiro atoms. The molecule has 0 aromatic heterocycles. The summed E-state index contributed by atoms with van der Waals surface area (Å²) >= 11 is 0. The number of carbonyl (C=O) groups excluding carboxylic acids is 1. The molecule has 2 aromatic rings. The third kappa shape index (κ3) is 2.49. The zero-order valence-electron chi connectivity index (χ0n) is 13.9. The molecule has 1 aliphatic rings. The Balaban J connectivity index is 2.02. The van der Waals surface area contributed by atoms with E-state index in [0.717, 1.165) is 33.7 Å². The minimum Gasteiger partial charge on any atom is -0.497 e. The number of aryl methyl sites for hydroxylation is 1. The molecule has 0 fully saturated rings. The van der Waals surface area contributed by atoms with Gasteiger partial charge in [0, 0.05) is 5.69 Å². The van der Waals surface area contributed by atoms with Crippen molar-refractivity contribution >= 4 is 11.6 Å². The third-order valence-corrected chi connectivity index (χ3v) is 4.67. The van der Waals surface area contributed by atoms with E-state index in [-0.39, 0.29) is 11.9 Å². The Morgan fingerprint density at radius 3 is 2.39 bits per heavy atom. The number of hydrogen-bond donors (Lipinski definition) is 2. The van der Waals surface area contributed by atoms with Crippen LogP contribution in [-0.2, 0) is 10.2 Å². The van der Waals surface area contributed by atoms with Gasteiger partial charge in [0.2, 0.25) is 5.91 Å². The Kier molecular flexibility index (Phi) is 3.65. The van der Waals surface area contributed by atoms with Crippen molar-refractivity contribution in [3.05, 3.63) is 58.7 Å². The van der Waals surface area contributed by atoms with Crippen LogP contribution in [0.2, 0.25) is 0 Å². The number of nitrogens with one attached hydrogen (secondary N) is 1. The number of anilines is 1. The van der Waals surface area contributed by atoms with Gasteiger partial charge in [-0.05, 0) is 55.2 Å². The van der Waals surface area contributed by atoms with Crippen LogP contribution >= 0.6 is 0 Å². The number of benzene rings is 2. The van der Waals surface area contributed by atoms with Crippen molar-refractivity contribution in [1.29, 1.82) is 0 Å². The van der Waals surface area contributed by atoms with Crippen molar-refractivity contribution in [3.8, 4) is 5.75 Å². The highest BCUT2D eigenvalue weighted by molar-refractivity contribution is 6.06. The zero-order chi connectivity index (χ0) is 16.8. The van der Waals surface area contributed by atoms with E-state index < -0.39 is 5.41 Å². The number of amides is 1. The second-order valence-corrected chi connectivity index (χ2v) is 6.59. The maximum atomic E-state index is 12.2. The lowest BCUT2D eigenvalue weighted by Gasteiger charge is -2.19. The molecule has 4 nitrogen and oxygen atoms in total. The smallest absolute Gasteiger partial charge is 0.234 e. The lowest BCUT2D eigenvalue weighted by molar-refractivity contribution is -0.119. The average molecular weight is 310 g/mol. The van der Waals surface area contributed by atoms with Gasteiger partial charge in [-0.1, -0.05) is 24.3 Å². The van der Waals surface area contributed by atoms with Crippen LogP contribution < -0.4 is 15.8 Å². The van der Waals surface area contributed by atoms with E-state index in [4.69, 9.17) is 10.5 Å². The lowest BCUT2D eigenvalue weighted by Crippen LogP contribution is -2.27. The van der Waals surface area contributed by atoms with Crippen LogP contribution in [0.15, 0.2) is 36.4 Å². The predicted molar refractivity (Wildman–Crippen MR) is 91.9 cm³/mol. The molecule has 1 heterocycles. The van der Waals surface area contributed by atoms with E-state index >= 15 is 0 Å². The molecule has 0 aliphatic carbocycles. The summed E-state index contributed by atoms with van der Waals surface area (Å²) in [4.78, 5) is 12.2. The van der Waals surface area contributed by atoms with Gasteiger partial charge in [-0.15, -0.1) is 0 Å². The second-order valence-electron chi connectivity index (χ2n) is 6.59. The van der Waals surface area contributed by atoms with E-state index in [9.17, 15) is 4.79 Å². The molecule has 120 valence electrons. The average Bonchev–Trinajstić information content (AvgIpc) is 2.78. The van der Waals surface area contributed by atoms with E-state index in [1.54, 1.807) is 7.11 Å². The molecular formula is C19H22N2O2. The van der Waals surface area contributed by atoms with E-state index in [1.807, 2.05) is 45.0 Å². The summed E-state index contributed by atoms with van der Waals surface area (Å²) in [5.41, 5.74) is 10.9. The first-order valence-electron chi connectivity index (χ1n) is 7.70. The topological polar surface area (TPSA) is 64.3 Å². The monoisotopic (exact) mass is 310 g/mol. The van der Waals surface area contributed by atoms with Crippen molar-refractivity contribution in [3.63, 3.8) is 0 Å². The molecule has 1 aliphatic heterocycles. The maximum Gasteiger partial charge on any atom is 0.234 e. The molecule has 1 amide bonds. The van der Waals surface area contributed by atoms with Gasteiger partial charge >= 0.3 is 0 Å². The Bertz CT molecular complexity index is 764. The van der Waals surface area contributed by atoms with Crippen LogP contribution in [0, 0.1) is 6.92 Å². The minimum atomic E-state index is -0.532. The van der Waals surface area contributed by atoms with Gasteiger partial charge in [-0.25, -0.2) is 0 Å². The summed E-state index contributed by atoms with van der Waals surface area (Å²) in [7, 11) is 1.64. The molecule has 23 heavy (non-hydrogen) atoms. The SMILES string of the molecule is COc1ccc(C(N)c2cc(C)c3c(c2)C(C)(C)C(=O)N3)cc1. The molecule has 0 saturated heterocycles. The molecule has 0 bridgehead atoms. The Morgan fingerprint density at radius 2 is 1.78 bits per heavy atom. The van der Waals surface area contributed by atoms with Gasteiger partial charge in [0.15, 0.2) is 0 Å². The summed E-state index contributed by atoms with van der Waals surface area (Å²) in [6.07, 6.45) is 0. The van der Waals surface area contributed by atoms with Crippen LogP contribution in [0.4, 0.5) is 5.69 Å². The molecule has 1 atom stereocenters. The van der Waals surface area contributed by atoms with Crippen LogP contribution in [0.25, 0.3) is 0 Å². The summed E-state index contributed by atoms with van der Waals surface area (Å²) in [6.45, 7) is 5.89. The summed E-state index contributed by atoms with van der Waals surface area (Å²) < 4.78 is 5.19. The number of fused-ring (bicyclic) bond motifs is 1. The predicted octanol–water partition coefficient (Wildman–Crippen LogP) is 3.28. The Morgan fingerprint density at radius 1 is 1.13 bits per heavy atom. The van der Waals surface area contributed by atoms with Crippen molar-refractivity contribution in [1.82, 2.24) is 0 Å². The number of methoxy groups -OCH3 is 1. The number of rotatable bonds is 3. The van der Waals surface area contributed by atoms with E-state index in [2.05, 4.69) is 17.4 Å². The second kappa shape index (κ2) is 5.39. The number of nitrogens with two attached hydrogens (primary N) is 1. The molecule has 3 N–H and O–H groups in total. The third-order valence-electron chi connectivity index (χ3n) is 4.67. The van der Waals surface area contributed by atoms with Crippen LogP contribution in [0.3, 0.4) is 0 Å². The fourth-order valence-corrected chi connectivity index (χ4v) is 3.05. The van der Waals surface area contributed by atoms with Crippen molar-refractivity contribution in [2.45, 2.75) is 32.2 Å². The van der Waals surface area contributed by atoms with Gasteiger partial charge in [0.05, 0.1) is 18.6 Å². The number of carbonyl (C=O) groups is 1. The highest BCUT2D eigenvalue weighted by atomic mass is 16.5. The highest BCUT2D eigenvalue weighted by Gasteiger charge is 2.39. The summed E-state index contributed by atoms with van der Waals surface area (Å²) in [5, 5.41) is 2.98. The van der Waals surface area contributed by atoms with Crippen molar-refractivity contribution in [2.24, 2.45) is 5.73 Å². The highest BCUT2D eigenvalue weighted by Crippen LogP contribution is 2.41. The molecule has 0 saturated carbocycles. The largest absolute Gasteiger partial charge is 0.497 e. The maximum absolute atomic E-state index is 12.2. The molecule has 4 heteroatoms. The van der Waals surface area contributed by atoms with Crippen LogP contribution in [0.5, 0.6) is 5.75 Å². The molecule has 0 radical (unpaired) electrons. The fraction of sp³-hybridized carbons (Fsp3) is 0.316. The number of hydrogen-bond acceptors (Lipinski definition) is 3. The zero-order valence-corrected chi connectivity index (χ0v) is 13.9. The lowest BCUT2D eigenvalue weighted by atomic mass is 9.83. The standard InChI is InChI=1S/C19H22N2O2/c1-11-9-13(10-15-17(11)21-18(22)19(15,2)3)16(20)12-5-7-14(23-4)8-6-12/h5-10,16H,20H2,1-4H3,(H,21,22). The van der Waals surface area contributed by atoms with Gasteiger partial charge in [-0.3, -0.25) is 4.79 Å². The van der Waals surface area contributed by atoms with Gasteiger partial charge < -0.3 is 15.8 Å². The van der Waals surface area contributed by atoms with E-state index in [1.165, 1.54) is 0 Å². The van der Waals surface area contributed by atoms with Gasteiger partial charge in [0.1, 0.15) is 5.75 Å².